The maximum Gasteiger partial charge on any atom is 0.338 e. The second kappa shape index (κ2) is 6.69. The van der Waals surface area contributed by atoms with Gasteiger partial charge in [-0.15, -0.1) is 11.8 Å². The molecule has 0 aliphatic heterocycles. The fraction of sp³-hybridized carbons (Fsp3) is 0.500. The minimum Gasteiger partial charge on any atom is -0.478 e. The molecule has 0 aromatic heterocycles. The second-order valence-electron chi connectivity index (χ2n) is 4.24. The molecule has 0 amide bonds. The summed E-state index contributed by atoms with van der Waals surface area (Å²) < 4.78 is 0. The van der Waals surface area contributed by atoms with Gasteiger partial charge in [-0.25, -0.2) is 4.79 Å². The van der Waals surface area contributed by atoms with Crippen molar-refractivity contribution in [2.24, 2.45) is 0 Å². The van der Waals surface area contributed by atoms with Gasteiger partial charge in [-0.2, -0.15) is 0 Å². The predicted molar refractivity (Wildman–Crippen MR) is 78.0 cm³/mol. The summed E-state index contributed by atoms with van der Waals surface area (Å²) in [5, 5.41) is 9.41. The Bertz CT molecular complexity index is 416. The van der Waals surface area contributed by atoms with Gasteiger partial charge >= 0.3 is 5.97 Å². The quantitative estimate of drug-likeness (QED) is 0.797. The van der Waals surface area contributed by atoms with Crippen LogP contribution >= 0.6 is 11.8 Å². The van der Waals surface area contributed by atoms with Crippen molar-refractivity contribution in [1.29, 1.82) is 0 Å². The number of carboxylic acid groups (broad SMARTS) is 1. The van der Waals surface area contributed by atoms with Crippen LogP contribution in [-0.2, 0) is 0 Å². The molecule has 0 radical (unpaired) electrons. The van der Waals surface area contributed by atoms with Crippen LogP contribution in [0.15, 0.2) is 23.1 Å². The molecule has 3 nitrogen and oxygen atoms in total. The van der Waals surface area contributed by atoms with E-state index in [1.807, 2.05) is 31.5 Å². The van der Waals surface area contributed by atoms with Gasteiger partial charge in [0.2, 0.25) is 0 Å². The van der Waals surface area contributed by atoms with Crippen molar-refractivity contribution in [3.05, 3.63) is 23.8 Å². The summed E-state index contributed by atoms with van der Waals surface area (Å²) in [6, 6.07) is 6.05. The molecule has 1 N–H and O–H groups in total. The third-order valence-electron chi connectivity index (χ3n) is 3.31. The summed E-state index contributed by atoms with van der Waals surface area (Å²) in [5.41, 5.74) is 1.22. The maximum atomic E-state index is 11.5. The van der Waals surface area contributed by atoms with E-state index >= 15 is 0 Å². The van der Waals surface area contributed by atoms with Crippen molar-refractivity contribution in [2.75, 3.05) is 18.2 Å². The first-order valence-corrected chi connectivity index (χ1v) is 7.42. The zero-order valence-corrected chi connectivity index (χ0v) is 12.3. The van der Waals surface area contributed by atoms with Crippen molar-refractivity contribution < 1.29 is 9.90 Å². The van der Waals surface area contributed by atoms with E-state index in [0.717, 1.165) is 23.4 Å². The Hall–Kier alpha value is -1.16. The Morgan fingerprint density at radius 1 is 1.39 bits per heavy atom. The highest BCUT2D eigenvalue weighted by Gasteiger charge is 2.20. The average molecular weight is 267 g/mol. The lowest BCUT2D eigenvalue weighted by molar-refractivity contribution is 0.0693. The summed E-state index contributed by atoms with van der Waals surface area (Å²) in [7, 11) is 1.98. The van der Waals surface area contributed by atoms with Gasteiger partial charge in [0, 0.05) is 18.0 Å². The molecule has 0 atom stereocenters. The van der Waals surface area contributed by atoms with Crippen LogP contribution in [0, 0.1) is 0 Å². The highest BCUT2D eigenvalue weighted by atomic mass is 32.2. The Morgan fingerprint density at radius 2 is 2.00 bits per heavy atom. The minimum absolute atomic E-state index is 0.375. The first-order chi connectivity index (χ1) is 8.56. The van der Waals surface area contributed by atoms with Gasteiger partial charge in [0.05, 0.1) is 11.3 Å². The van der Waals surface area contributed by atoms with E-state index in [-0.39, 0.29) is 0 Å². The number of benzene rings is 1. The molecule has 100 valence electrons. The van der Waals surface area contributed by atoms with Crippen LogP contribution in [0.25, 0.3) is 0 Å². The number of hydrogen-bond acceptors (Lipinski definition) is 3. The number of anilines is 1. The minimum atomic E-state index is -0.854. The predicted octanol–water partition coefficient (Wildman–Crippen LogP) is 3.73. The molecule has 0 aliphatic carbocycles. The number of aromatic carboxylic acids is 1. The molecule has 0 fully saturated rings. The molecule has 0 saturated carbocycles. The van der Waals surface area contributed by atoms with E-state index in [2.05, 4.69) is 18.7 Å². The molecule has 4 heteroatoms. The molecule has 0 aliphatic rings. The van der Waals surface area contributed by atoms with Gasteiger partial charge in [0.1, 0.15) is 0 Å². The van der Waals surface area contributed by atoms with Crippen LogP contribution in [0.3, 0.4) is 0 Å². The number of nitrogens with zero attached hydrogens (tertiary/aromatic N) is 1. The lowest BCUT2D eigenvalue weighted by Gasteiger charge is -2.30. The summed E-state index contributed by atoms with van der Waals surface area (Å²) in [4.78, 5) is 14.4. The van der Waals surface area contributed by atoms with Crippen LogP contribution in [0.5, 0.6) is 0 Å². The van der Waals surface area contributed by atoms with Crippen molar-refractivity contribution in [2.45, 2.75) is 37.6 Å². The van der Waals surface area contributed by atoms with Crippen molar-refractivity contribution in [3.8, 4) is 0 Å². The molecule has 1 rings (SSSR count). The molecule has 1 aromatic rings. The highest BCUT2D eigenvalue weighted by Crippen LogP contribution is 2.31. The van der Waals surface area contributed by atoms with E-state index in [0.29, 0.717) is 11.6 Å². The molecule has 0 unspecified atom stereocenters. The van der Waals surface area contributed by atoms with Crippen molar-refractivity contribution in [3.63, 3.8) is 0 Å². The molecular weight excluding hydrogens is 246 g/mol. The third-order valence-corrected chi connectivity index (χ3v) is 4.09. The molecule has 0 saturated heterocycles. The third kappa shape index (κ3) is 2.99. The van der Waals surface area contributed by atoms with Crippen molar-refractivity contribution >= 4 is 23.4 Å². The van der Waals surface area contributed by atoms with Gasteiger partial charge in [-0.3, -0.25) is 0 Å². The number of carboxylic acids is 1. The summed E-state index contributed by atoms with van der Waals surface area (Å²) >= 11 is 1.47. The van der Waals surface area contributed by atoms with Crippen LogP contribution in [0.2, 0.25) is 0 Å². The molecule has 1 aromatic carbocycles. The molecule has 0 bridgehead atoms. The first-order valence-electron chi connectivity index (χ1n) is 6.19. The van der Waals surface area contributed by atoms with E-state index in [1.165, 1.54) is 11.8 Å². The Labute approximate surface area is 113 Å². The van der Waals surface area contributed by atoms with Gasteiger partial charge < -0.3 is 10.0 Å². The summed E-state index contributed by atoms with van der Waals surface area (Å²) in [6.45, 7) is 4.26. The van der Waals surface area contributed by atoms with Gasteiger partial charge in [-0.05, 0) is 31.2 Å². The van der Waals surface area contributed by atoms with E-state index < -0.39 is 5.97 Å². The lowest BCUT2D eigenvalue weighted by Crippen LogP contribution is -2.31. The van der Waals surface area contributed by atoms with Crippen LogP contribution in [0.4, 0.5) is 5.69 Å². The molecule has 0 heterocycles. The van der Waals surface area contributed by atoms with Gasteiger partial charge in [0.15, 0.2) is 0 Å². The highest BCUT2D eigenvalue weighted by molar-refractivity contribution is 7.98. The van der Waals surface area contributed by atoms with Crippen molar-refractivity contribution in [1.82, 2.24) is 0 Å². The Morgan fingerprint density at radius 3 is 2.44 bits per heavy atom. The number of rotatable bonds is 6. The SMILES string of the molecule is CCC(CC)N(C)c1cccc(SC)c1C(=O)O. The second-order valence-corrected chi connectivity index (χ2v) is 5.09. The maximum absolute atomic E-state index is 11.5. The monoisotopic (exact) mass is 267 g/mol. The zero-order valence-electron chi connectivity index (χ0n) is 11.4. The smallest absolute Gasteiger partial charge is 0.338 e. The normalized spacial score (nSPS) is 10.7. The summed E-state index contributed by atoms with van der Waals surface area (Å²) in [5.74, 6) is -0.854. The Kier molecular flexibility index (Phi) is 5.54. The van der Waals surface area contributed by atoms with Gasteiger partial charge in [-0.1, -0.05) is 19.9 Å². The molecular formula is C14H21NO2S. The van der Waals surface area contributed by atoms with Crippen LogP contribution in [-0.4, -0.2) is 30.4 Å². The number of hydrogen-bond donors (Lipinski definition) is 1. The van der Waals surface area contributed by atoms with Gasteiger partial charge in [0.25, 0.3) is 0 Å². The standard InChI is InChI=1S/C14H21NO2S/c1-5-10(6-2)15(3)11-8-7-9-12(18-4)13(11)14(16)17/h7-10H,5-6H2,1-4H3,(H,16,17). The van der Waals surface area contributed by atoms with E-state index in [1.54, 1.807) is 0 Å². The lowest BCUT2D eigenvalue weighted by atomic mass is 10.1. The van der Waals surface area contributed by atoms with Crippen LogP contribution in [0.1, 0.15) is 37.0 Å². The zero-order chi connectivity index (χ0) is 13.7. The number of carbonyl (C=O) groups is 1. The molecule has 0 spiro atoms. The first kappa shape index (κ1) is 14.9. The number of thioether (sulfide) groups is 1. The fourth-order valence-electron chi connectivity index (χ4n) is 2.23. The molecule has 18 heavy (non-hydrogen) atoms. The van der Waals surface area contributed by atoms with Crippen LogP contribution < -0.4 is 4.90 Å². The van der Waals surface area contributed by atoms with E-state index in [4.69, 9.17) is 0 Å². The topological polar surface area (TPSA) is 40.5 Å². The summed E-state index contributed by atoms with van der Waals surface area (Å²) in [6.07, 6.45) is 3.92. The fourth-order valence-corrected chi connectivity index (χ4v) is 2.84. The van der Waals surface area contributed by atoms with E-state index in [9.17, 15) is 9.90 Å². The Balaban J connectivity index is 3.26. The average Bonchev–Trinajstić information content (AvgIpc) is 2.38. The largest absolute Gasteiger partial charge is 0.478 e.